The van der Waals surface area contributed by atoms with Crippen molar-refractivity contribution in [3.8, 4) is 23.0 Å². The molecule has 0 atom stereocenters. The molecular weight excluding hydrogens is 296 g/mol. The van der Waals surface area contributed by atoms with E-state index in [1.807, 2.05) is 36.4 Å². The summed E-state index contributed by atoms with van der Waals surface area (Å²) in [5, 5.41) is 4.36. The molecule has 1 N–H and O–H groups in total. The van der Waals surface area contributed by atoms with Gasteiger partial charge in [-0.05, 0) is 24.3 Å². The van der Waals surface area contributed by atoms with Crippen LogP contribution in [-0.2, 0) is 0 Å². The third-order valence-electron chi connectivity index (χ3n) is 3.89. The molecule has 3 heterocycles. The van der Waals surface area contributed by atoms with E-state index in [1.54, 1.807) is 6.20 Å². The zero-order chi connectivity index (χ0) is 15.2. The highest BCUT2D eigenvalue weighted by Crippen LogP contribution is 2.39. The molecule has 3 aromatic rings. The lowest BCUT2D eigenvalue weighted by atomic mass is 10.1. The van der Waals surface area contributed by atoms with E-state index in [-0.39, 0.29) is 13.6 Å². The van der Waals surface area contributed by atoms with E-state index in [0.717, 1.165) is 45.3 Å². The minimum atomic E-state index is 0.247. The van der Waals surface area contributed by atoms with E-state index in [9.17, 15) is 0 Å². The summed E-state index contributed by atoms with van der Waals surface area (Å²) in [6.07, 6.45) is 1.76. The van der Waals surface area contributed by atoms with Crippen LogP contribution < -0.4 is 24.3 Å². The van der Waals surface area contributed by atoms with Gasteiger partial charge < -0.3 is 24.3 Å². The van der Waals surface area contributed by atoms with E-state index < -0.39 is 0 Å². The Kier molecular flexibility index (Phi) is 2.52. The third kappa shape index (κ3) is 1.99. The molecule has 0 saturated heterocycles. The van der Waals surface area contributed by atoms with Gasteiger partial charge in [0.25, 0.3) is 0 Å². The molecule has 6 heteroatoms. The number of hydrogen-bond acceptors (Lipinski definition) is 6. The number of hydrogen-bond donors (Lipinski definition) is 1. The van der Waals surface area contributed by atoms with E-state index in [1.165, 1.54) is 0 Å². The Hall–Kier alpha value is -3.15. The molecule has 0 aliphatic carbocycles. The summed E-state index contributed by atoms with van der Waals surface area (Å²) in [6.45, 7) is 0.511. The summed E-state index contributed by atoms with van der Waals surface area (Å²) in [5.74, 6) is 2.97. The van der Waals surface area contributed by atoms with E-state index in [0.29, 0.717) is 0 Å². The first-order valence-electron chi connectivity index (χ1n) is 7.22. The predicted octanol–water partition coefficient (Wildman–Crippen LogP) is 3.44. The molecule has 23 heavy (non-hydrogen) atoms. The molecule has 0 unspecified atom stereocenters. The van der Waals surface area contributed by atoms with Crippen LogP contribution in [0.3, 0.4) is 0 Å². The summed E-state index contributed by atoms with van der Waals surface area (Å²) >= 11 is 0. The summed E-state index contributed by atoms with van der Waals surface area (Å²) in [6, 6.07) is 11.5. The maximum absolute atomic E-state index is 5.46. The van der Waals surface area contributed by atoms with Crippen molar-refractivity contribution in [1.82, 2.24) is 4.98 Å². The van der Waals surface area contributed by atoms with Crippen LogP contribution in [0.25, 0.3) is 10.9 Å². The van der Waals surface area contributed by atoms with Crippen molar-refractivity contribution < 1.29 is 18.9 Å². The Morgan fingerprint density at radius 3 is 2.39 bits per heavy atom. The molecule has 0 spiro atoms. The first-order chi connectivity index (χ1) is 11.4. The first kappa shape index (κ1) is 12.4. The lowest BCUT2D eigenvalue weighted by molar-refractivity contribution is 0.173. The Morgan fingerprint density at radius 1 is 0.783 bits per heavy atom. The molecule has 114 valence electrons. The number of nitrogens with one attached hydrogen (secondary N) is 1. The van der Waals surface area contributed by atoms with Crippen LogP contribution in [0.1, 0.15) is 0 Å². The predicted molar refractivity (Wildman–Crippen MR) is 83.7 cm³/mol. The number of fused-ring (bicyclic) bond motifs is 3. The fourth-order valence-electron chi connectivity index (χ4n) is 2.77. The number of nitrogens with zero attached hydrogens (tertiary/aromatic N) is 1. The fraction of sp³-hybridized carbons (Fsp3) is 0.118. The van der Waals surface area contributed by atoms with Gasteiger partial charge >= 0.3 is 0 Å². The van der Waals surface area contributed by atoms with Crippen LogP contribution in [0.2, 0.25) is 0 Å². The highest BCUT2D eigenvalue weighted by atomic mass is 16.7. The molecule has 5 rings (SSSR count). The molecule has 2 aromatic carbocycles. The van der Waals surface area contributed by atoms with Crippen LogP contribution >= 0.6 is 0 Å². The van der Waals surface area contributed by atoms with Gasteiger partial charge in [-0.2, -0.15) is 0 Å². The van der Waals surface area contributed by atoms with E-state index in [4.69, 9.17) is 18.9 Å². The second-order valence-electron chi connectivity index (χ2n) is 5.27. The first-order valence-corrected chi connectivity index (χ1v) is 7.22. The molecule has 1 aromatic heterocycles. The van der Waals surface area contributed by atoms with Gasteiger partial charge in [0.15, 0.2) is 23.0 Å². The summed E-state index contributed by atoms with van der Waals surface area (Å²) in [5.41, 5.74) is 2.70. The van der Waals surface area contributed by atoms with Gasteiger partial charge in [-0.25, -0.2) is 0 Å². The summed E-state index contributed by atoms with van der Waals surface area (Å²) < 4.78 is 21.6. The standard InChI is InChI=1S/C17H12N2O4/c1-2-14-15(21-8-20-14)5-10(1)19-12-3-4-18-13-7-17-16(6-11(12)13)22-9-23-17/h1-7H,8-9H2,(H,18,19). The molecule has 2 aliphatic heterocycles. The number of pyridine rings is 1. The smallest absolute Gasteiger partial charge is 0.231 e. The minimum Gasteiger partial charge on any atom is -0.454 e. The van der Waals surface area contributed by atoms with Crippen molar-refractivity contribution in [3.63, 3.8) is 0 Å². The van der Waals surface area contributed by atoms with Crippen LogP contribution in [-0.4, -0.2) is 18.6 Å². The van der Waals surface area contributed by atoms with Gasteiger partial charge in [-0.15, -0.1) is 0 Å². The average molecular weight is 308 g/mol. The molecule has 0 saturated carbocycles. The zero-order valence-electron chi connectivity index (χ0n) is 12.0. The topological polar surface area (TPSA) is 61.8 Å². The number of benzene rings is 2. The molecule has 0 bridgehead atoms. The molecule has 0 amide bonds. The second kappa shape index (κ2) is 4.67. The highest BCUT2D eigenvalue weighted by molar-refractivity contribution is 5.95. The van der Waals surface area contributed by atoms with Crippen molar-refractivity contribution in [3.05, 3.63) is 42.6 Å². The van der Waals surface area contributed by atoms with Gasteiger partial charge in [0.05, 0.1) is 5.52 Å². The van der Waals surface area contributed by atoms with Crippen molar-refractivity contribution >= 4 is 22.3 Å². The zero-order valence-corrected chi connectivity index (χ0v) is 12.0. The molecule has 6 nitrogen and oxygen atoms in total. The maximum Gasteiger partial charge on any atom is 0.231 e. The van der Waals surface area contributed by atoms with Crippen LogP contribution in [0, 0.1) is 0 Å². The minimum absolute atomic E-state index is 0.247. The van der Waals surface area contributed by atoms with Gasteiger partial charge in [-0.1, -0.05) is 0 Å². The molecule has 2 aliphatic rings. The van der Waals surface area contributed by atoms with Crippen LogP contribution in [0.4, 0.5) is 11.4 Å². The summed E-state index contributed by atoms with van der Waals surface area (Å²) in [7, 11) is 0. The Bertz CT molecular complexity index is 926. The molecule has 0 radical (unpaired) electrons. The van der Waals surface area contributed by atoms with Crippen molar-refractivity contribution in [1.29, 1.82) is 0 Å². The fourth-order valence-corrected chi connectivity index (χ4v) is 2.77. The third-order valence-corrected chi connectivity index (χ3v) is 3.89. The normalized spacial score (nSPS) is 14.3. The van der Waals surface area contributed by atoms with Crippen molar-refractivity contribution in [2.24, 2.45) is 0 Å². The van der Waals surface area contributed by atoms with Gasteiger partial charge in [0.1, 0.15) is 0 Å². The average Bonchev–Trinajstić information content (AvgIpc) is 3.21. The van der Waals surface area contributed by atoms with E-state index >= 15 is 0 Å². The largest absolute Gasteiger partial charge is 0.454 e. The summed E-state index contributed by atoms with van der Waals surface area (Å²) in [4.78, 5) is 4.40. The number of rotatable bonds is 2. The molecule has 0 fully saturated rings. The van der Waals surface area contributed by atoms with Crippen molar-refractivity contribution in [2.75, 3.05) is 18.9 Å². The SMILES string of the molecule is c1cc(Nc2ccc3c(c2)OCO3)c2cc3c(cc2n1)OCO3. The monoisotopic (exact) mass is 308 g/mol. The lowest BCUT2D eigenvalue weighted by Gasteiger charge is -2.10. The number of anilines is 2. The van der Waals surface area contributed by atoms with Gasteiger partial charge in [0.2, 0.25) is 13.6 Å². The van der Waals surface area contributed by atoms with Crippen molar-refractivity contribution in [2.45, 2.75) is 0 Å². The Morgan fingerprint density at radius 2 is 1.52 bits per heavy atom. The van der Waals surface area contributed by atoms with Gasteiger partial charge in [-0.3, -0.25) is 4.98 Å². The second-order valence-corrected chi connectivity index (χ2v) is 5.27. The quantitative estimate of drug-likeness (QED) is 0.782. The number of aromatic nitrogens is 1. The maximum atomic E-state index is 5.46. The number of ether oxygens (including phenoxy) is 4. The Labute approximate surface area is 131 Å². The van der Waals surface area contributed by atoms with Crippen LogP contribution in [0.15, 0.2) is 42.6 Å². The highest BCUT2D eigenvalue weighted by Gasteiger charge is 2.17. The Balaban J connectivity index is 1.57. The van der Waals surface area contributed by atoms with Gasteiger partial charge in [0, 0.05) is 35.1 Å². The van der Waals surface area contributed by atoms with E-state index in [2.05, 4.69) is 10.3 Å². The molecular formula is C17H12N2O4. The lowest BCUT2D eigenvalue weighted by Crippen LogP contribution is -1.93. The van der Waals surface area contributed by atoms with Crippen LogP contribution in [0.5, 0.6) is 23.0 Å².